The van der Waals surface area contributed by atoms with E-state index in [1.54, 1.807) is 6.92 Å². The van der Waals surface area contributed by atoms with Gasteiger partial charge in [-0.15, -0.1) is 0 Å². The van der Waals surface area contributed by atoms with Gasteiger partial charge in [0.15, 0.2) is 5.78 Å². The van der Waals surface area contributed by atoms with Crippen LogP contribution in [-0.2, 0) is 4.79 Å². The predicted octanol–water partition coefficient (Wildman–Crippen LogP) is 1.87. The van der Waals surface area contributed by atoms with Crippen LogP contribution in [-0.4, -0.2) is 11.8 Å². The molecule has 0 heterocycles. The molecule has 0 amide bonds. The van der Waals surface area contributed by atoms with Crippen molar-refractivity contribution in [3.8, 4) is 0 Å². The van der Waals surface area contributed by atoms with E-state index in [9.17, 15) is 4.79 Å². The van der Waals surface area contributed by atoms with Gasteiger partial charge in [-0.25, -0.2) is 0 Å². The molecule has 1 unspecified atom stereocenters. The Hall–Kier alpha value is -0.370. The van der Waals surface area contributed by atoms with Crippen LogP contribution < -0.4 is 5.73 Å². The Kier molecular flexibility index (Phi) is 2.89. The Balaban J connectivity index is 2.62. The molecule has 0 aliphatic heterocycles. The summed E-state index contributed by atoms with van der Waals surface area (Å²) in [4.78, 5) is 11.7. The molecule has 1 fully saturated rings. The summed E-state index contributed by atoms with van der Waals surface area (Å²) in [6.45, 7) is 3.86. The first-order valence-corrected chi connectivity index (χ1v) is 4.86. The number of rotatable bonds is 2. The zero-order chi connectivity index (χ0) is 9.19. The summed E-state index contributed by atoms with van der Waals surface area (Å²) in [5.41, 5.74) is 5.50. The number of Topliss-reactive ketones (excluding diaryl/α,β-unsaturated/α-hetero) is 1. The van der Waals surface area contributed by atoms with Gasteiger partial charge in [0.2, 0.25) is 0 Å². The van der Waals surface area contributed by atoms with Crippen molar-refractivity contribution in [2.24, 2.45) is 11.1 Å². The number of carbonyl (C=O) groups excluding carboxylic acids is 1. The van der Waals surface area contributed by atoms with Crippen LogP contribution >= 0.6 is 0 Å². The van der Waals surface area contributed by atoms with Gasteiger partial charge >= 0.3 is 0 Å². The lowest BCUT2D eigenvalue weighted by Crippen LogP contribution is -2.41. The minimum atomic E-state index is -0.284. The maximum Gasteiger partial charge on any atom is 0.155 e. The molecule has 2 nitrogen and oxygen atoms in total. The molecule has 12 heavy (non-hydrogen) atoms. The van der Waals surface area contributed by atoms with Gasteiger partial charge in [-0.1, -0.05) is 26.2 Å². The smallest absolute Gasteiger partial charge is 0.155 e. The van der Waals surface area contributed by atoms with E-state index in [4.69, 9.17) is 5.73 Å². The van der Waals surface area contributed by atoms with Gasteiger partial charge in [0.1, 0.15) is 0 Å². The van der Waals surface area contributed by atoms with E-state index in [1.165, 1.54) is 19.3 Å². The molecule has 0 aromatic carbocycles. The van der Waals surface area contributed by atoms with E-state index in [0.717, 1.165) is 12.8 Å². The molecule has 0 saturated heterocycles. The summed E-state index contributed by atoms with van der Waals surface area (Å²) < 4.78 is 0. The first kappa shape index (κ1) is 9.72. The molecule has 1 saturated carbocycles. The van der Waals surface area contributed by atoms with Crippen molar-refractivity contribution in [3.05, 3.63) is 0 Å². The predicted molar refractivity (Wildman–Crippen MR) is 49.8 cm³/mol. The third-order valence-electron chi connectivity index (χ3n) is 2.97. The highest BCUT2D eigenvalue weighted by atomic mass is 16.1. The second kappa shape index (κ2) is 3.56. The van der Waals surface area contributed by atoms with E-state index in [-0.39, 0.29) is 17.2 Å². The Morgan fingerprint density at radius 1 is 1.33 bits per heavy atom. The summed E-state index contributed by atoms with van der Waals surface area (Å²) in [5, 5.41) is 0. The molecule has 1 aliphatic rings. The molecular weight excluding hydrogens is 150 g/mol. The van der Waals surface area contributed by atoms with Crippen LogP contribution in [0.2, 0.25) is 0 Å². The summed E-state index contributed by atoms with van der Waals surface area (Å²) >= 11 is 0. The van der Waals surface area contributed by atoms with Gasteiger partial charge < -0.3 is 5.73 Å². The van der Waals surface area contributed by atoms with Crippen molar-refractivity contribution >= 4 is 5.78 Å². The van der Waals surface area contributed by atoms with Crippen molar-refractivity contribution in [3.63, 3.8) is 0 Å². The molecular formula is C10H19NO. The molecule has 0 aromatic heterocycles. The Morgan fingerprint density at radius 3 is 2.25 bits per heavy atom. The lowest BCUT2D eigenvalue weighted by Gasteiger charge is -2.33. The molecule has 1 atom stereocenters. The van der Waals surface area contributed by atoms with Crippen LogP contribution in [0.5, 0.6) is 0 Å². The van der Waals surface area contributed by atoms with Crippen LogP contribution in [0.4, 0.5) is 0 Å². The third-order valence-corrected chi connectivity index (χ3v) is 2.97. The number of hydrogen-bond acceptors (Lipinski definition) is 2. The Morgan fingerprint density at radius 2 is 1.83 bits per heavy atom. The number of ketones is 1. The molecule has 1 rings (SSSR count). The van der Waals surface area contributed by atoms with Crippen LogP contribution in [0, 0.1) is 5.41 Å². The van der Waals surface area contributed by atoms with Crippen molar-refractivity contribution in [2.45, 2.75) is 52.0 Å². The largest absolute Gasteiger partial charge is 0.322 e. The highest BCUT2D eigenvalue weighted by molar-refractivity contribution is 5.88. The molecule has 0 radical (unpaired) electrons. The monoisotopic (exact) mass is 169 g/mol. The fraction of sp³-hybridized carbons (Fsp3) is 0.900. The minimum absolute atomic E-state index is 0.105. The highest BCUT2D eigenvalue weighted by Crippen LogP contribution is 2.36. The Labute approximate surface area is 74.5 Å². The fourth-order valence-corrected chi connectivity index (χ4v) is 2.13. The zero-order valence-corrected chi connectivity index (χ0v) is 8.10. The summed E-state index contributed by atoms with van der Waals surface area (Å²) in [7, 11) is 0. The lowest BCUT2D eigenvalue weighted by atomic mass is 9.71. The van der Waals surface area contributed by atoms with E-state index < -0.39 is 0 Å². The summed E-state index contributed by atoms with van der Waals surface area (Å²) in [5.74, 6) is 0.252. The number of carbonyl (C=O) groups is 1. The lowest BCUT2D eigenvalue weighted by molar-refractivity contribution is -0.130. The van der Waals surface area contributed by atoms with Gasteiger partial charge in [-0.3, -0.25) is 4.79 Å². The van der Waals surface area contributed by atoms with Crippen LogP contribution in [0.15, 0.2) is 0 Å². The highest BCUT2D eigenvalue weighted by Gasteiger charge is 2.35. The average Bonchev–Trinajstić information content (AvgIpc) is 2.04. The van der Waals surface area contributed by atoms with Crippen LogP contribution in [0.3, 0.4) is 0 Å². The van der Waals surface area contributed by atoms with Gasteiger partial charge in [-0.05, 0) is 19.8 Å². The number of nitrogens with two attached hydrogens (primary N) is 1. The van der Waals surface area contributed by atoms with Crippen molar-refractivity contribution in [2.75, 3.05) is 0 Å². The third kappa shape index (κ3) is 1.86. The molecule has 70 valence electrons. The first-order chi connectivity index (χ1) is 5.56. The van der Waals surface area contributed by atoms with E-state index in [1.807, 2.05) is 0 Å². The molecule has 2 N–H and O–H groups in total. The van der Waals surface area contributed by atoms with E-state index in [2.05, 4.69) is 6.92 Å². The Bertz CT molecular complexity index is 169. The first-order valence-electron chi connectivity index (χ1n) is 4.86. The quantitative estimate of drug-likeness (QED) is 0.685. The second-order valence-corrected chi connectivity index (χ2v) is 4.27. The van der Waals surface area contributed by atoms with Crippen molar-refractivity contribution < 1.29 is 4.79 Å². The van der Waals surface area contributed by atoms with E-state index in [0.29, 0.717) is 0 Å². The fourth-order valence-electron chi connectivity index (χ4n) is 2.13. The molecule has 2 heteroatoms. The SMILES string of the molecule is CC(N)C(=O)C1(C)CCCCC1. The molecule has 0 spiro atoms. The van der Waals surface area contributed by atoms with Gasteiger partial charge in [-0.2, -0.15) is 0 Å². The molecule has 1 aliphatic carbocycles. The van der Waals surface area contributed by atoms with E-state index >= 15 is 0 Å². The van der Waals surface area contributed by atoms with Crippen LogP contribution in [0.25, 0.3) is 0 Å². The van der Waals surface area contributed by atoms with Crippen LogP contribution in [0.1, 0.15) is 46.0 Å². The number of hydrogen-bond donors (Lipinski definition) is 1. The minimum Gasteiger partial charge on any atom is -0.322 e. The van der Waals surface area contributed by atoms with Gasteiger partial charge in [0.25, 0.3) is 0 Å². The topological polar surface area (TPSA) is 43.1 Å². The molecule has 0 bridgehead atoms. The average molecular weight is 169 g/mol. The normalized spacial score (nSPS) is 24.9. The summed E-state index contributed by atoms with van der Waals surface area (Å²) in [6, 6.07) is -0.284. The maximum absolute atomic E-state index is 11.7. The van der Waals surface area contributed by atoms with Gasteiger partial charge in [0, 0.05) is 5.41 Å². The summed E-state index contributed by atoms with van der Waals surface area (Å²) in [6.07, 6.45) is 5.73. The standard InChI is InChI=1S/C10H19NO/c1-8(11)9(12)10(2)6-4-3-5-7-10/h8H,3-7,11H2,1-2H3. The van der Waals surface area contributed by atoms with Crippen molar-refractivity contribution in [1.82, 2.24) is 0 Å². The zero-order valence-electron chi connectivity index (χ0n) is 8.10. The second-order valence-electron chi connectivity index (χ2n) is 4.27. The van der Waals surface area contributed by atoms with Gasteiger partial charge in [0.05, 0.1) is 6.04 Å². The maximum atomic E-state index is 11.7. The molecule has 0 aromatic rings. The van der Waals surface area contributed by atoms with Crippen molar-refractivity contribution in [1.29, 1.82) is 0 Å².